The smallest absolute Gasteiger partial charge is 0.376 e. The van der Waals surface area contributed by atoms with E-state index in [-0.39, 0.29) is 6.10 Å². The molecule has 1 saturated heterocycles. The van der Waals surface area contributed by atoms with E-state index >= 15 is 0 Å². The van der Waals surface area contributed by atoms with Crippen LogP contribution in [0.1, 0.15) is 28.8 Å². The number of thiophene rings is 1. The molecule has 0 N–H and O–H groups in total. The number of ether oxygens (including phenoxy) is 1. The average molecular weight is 440 g/mol. The first-order chi connectivity index (χ1) is 13.9. The van der Waals surface area contributed by atoms with E-state index in [1.54, 1.807) is 17.4 Å². The van der Waals surface area contributed by atoms with E-state index in [1.807, 2.05) is 16.9 Å². The summed E-state index contributed by atoms with van der Waals surface area (Å²) in [6.07, 6.45) is -2.22. The fourth-order valence-corrected chi connectivity index (χ4v) is 4.88. The van der Waals surface area contributed by atoms with E-state index in [1.165, 1.54) is 28.8 Å². The molecular formula is C20H20F3N3OS2. The van der Waals surface area contributed by atoms with E-state index < -0.39 is 11.7 Å². The Labute approximate surface area is 175 Å². The van der Waals surface area contributed by atoms with Gasteiger partial charge in [0.1, 0.15) is 0 Å². The minimum atomic E-state index is -4.34. The number of alkyl halides is 3. The zero-order chi connectivity index (χ0) is 20.4. The van der Waals surface area contributed by atoms with Gasteiger partial charge < -0.3 is 4.74 Å². The standard InChI is InChI=1S/C20H20F3N3OS2/c1-13-8-15(12-28-13)18-24-25-19(26(18)10-17-6-3-7-27-17)29-11-14-4-2-5-16(9-14)20(21,22)23/h2,4-5,8-9,12,17H,3,6-7,10-11H2,1H3/t17-/m0/s1. The molecule has 4 rings (SSSR count). The van der Waals surface area contributed by atoms with E-state index in [9.17, 15) is 13.2 Å². The number of hydrogen-bond donors (Lipinski definition) is 0. The Morgan fingerprint density at radius 3 is 2.83 bits per heavy atom. The first-order valence-corrected chi connectivity index (χ1v) is 11.2. The second kappa shape index (κ2) is 8.49. The molecule has 1 fully saturated rings. The van der Waals surface area contributed by atoms with Gasteiger partial charge in [-0.2, -0.15) is 13.2 Å². The monoisotopic (exact) mass is 439 g/mol. The van der Waals surface area contributed by atoms with Gasteiger partial charge in [0.05, 0.1) is 18.2 Å². The van der Waals surface area contributed by atoms with Crippen LogP contribution in [0.4, 0.5) is 13.2 Å². The van der Waals surface area contributed by atoms with Crippen molar-refractivity contribution >= 4 is 23.1 Å². The van der Waals surface area contributed by atoms with E-state index in [0.29, 0.717) is 23.0 Å². The molecule has 2 aromatic heterocycles. The fraction of sp³-hybridized carbons (Fsp3) is 0.400. The van der Waals surface area contributed by atoms with Gasteiger partial charge in [0.25, 0.3) is 0 Å². The zero-order valence-corrected chi connectivity index (χ0v) is 17.4. The highest BCUT2D eigenvalue weighted by atomic mass is 32.2. The Hall–Kier alpha value is -1.84. The van der Waals surface area contributed by atoms with Crippen molar-refractivity contribution in [2.75, 3.05) is 6.61 Å². The number of hydrogen-bond acceptors (Lipinski definition) is 5. The van der Waals surface area contributed by atoms with Crippen LogP contribution in [0.5, 0.6) is 0 Å². The number of halogens is 3. The van der Waals surface area contributed by atoms with Crippen molar-refractivity contribution in [3.8, 4) is 11.4 Å². The summed E-state index contributed by atoms with van der Waals surface area (Å²) in [4.78, 5) is 1.19. The Morgan fingerprint density at radius 2 is 2.14 bits per heavy atom. The van der Waals surface area contributed by atoms with Gasteiger partial charge in [-0.05, 0) is 37.5 Å². The molecule has 9 heteroatoms. The number of aryl methyl sites for hydroxylation is 1. The zero-order valence-electron chi connectivity index (χ0n) is 15.8. The normalized spacial score (nSPS) is 17.2. The molecule has 0 bridgehead atoms. The maximum absolute atomic E-state index is 13.0. The van der Waals surface area contributed by atoms with Gasteiger partial charge in [0, 0.05) is 28.2 Å². The van der Waals surface area contributed by atoms with Crippen LogP contribution in [-0.2, 0) is 23.2 Å². The first kappa shape index (κ1) is 20.4. The number of rotatable bonds is 6. The molecule has 3 aromatic rings. The lowest BCUT2D eigenvalue weighted by atomic mass is 10.1. The average Bonchev–Trinajstić information content (AvgIpc) is 3.42. The van der Waals surface area contributed by atoms with Gasteiger partial charge in [-0.15, -0.1) is 21.5 Å². The predicted molar refractivity (Wildman–Crippen MR) is 108 cm³/mol. The molecule has 154 valence electrons. The number of thioether (sulfide) groups is 1. The molecular weight excluding hydrogens is 419 g/mol. The van der Waals surface area contributed by atoms with Crippen LogP contribution in [0.25, 0.3) is 11.4 Å². The highest BCUT2D eigenvalue weighted by Crippen LogP contribution is 2.33. The Bertz CT molecular complexity index is 978. The summed E-state index contributed by atoms with van der Waals surface area (Å²) in [5, 5.41) is 11.4. The molecule has 1 aromatic carbocycles. The lowest BCUT2D eigenvalue weighted by Gasteiger charge is -2.14. The first-order valence-electron chi connectivity index (χ1n) is 9.29. The Morgan fingerprint density at radius 1 is 1.28 bits per heavy atom. The summed E-state index contributed by atoms with van der Waals surface area (Å²) in [6, 6.07) is 7.49. The SMILES string of the molecule is Cc1cc(-c2nnc(SCc3cccc(C(F)(F)F)c3)n2C[C@@H]2CCCO2)cs1. The molecule has 0 aliphatic carbocycles. The predicted octanol–water partition coefficient (Wildman–Crippen LogP) is 5.81. The second-order valence-electron chi connectivity index (χ2n) is 6.98. The van der Waals surface area contributed by atoms with Crippen molar-refractivity contribution in [3.05, 3.63) is 51.7 Å². The molecule has 4 nitrogen and oxygen atoms in total. The molecule has 1 aliphatic heterocycles. The molecule has 0 spiro atoms. The third-order valence-corrected chi connectivity index (χ3v) is 6.64. The van der Waals surface area contributed by atoms with Crippen molar-refractivity contribution in [2.45, 2.75) is 49.5 Å². The number of nitrogens with zero attached hydrogens (tertiary/aromatic N) is 3. The molecule has 0 unspecified atom stereocenters. The molecule has 29 heavy (non-hydrogen) atoms. The van der Waals surface area contributed by atoms with Crippen molar-refractivity contribution in [2.24, 2.45) is 0 Å². The fourth-order valence-electron chi connectivity index (χ4n) is 3.31. The van der Waals surface area contributed by atoms with Gasteiger partial charge in [-0.25, -0.2) is 0 Å². The van der Waals surface area contributed by atoms with Crippen molar-refractivity contribution < 1.29 is 17.9 Å². The van der Waals surface area contributed by atoms with Crippen LogP contribution in [0.2, 0.25) is 0 Å². The second-order valence-corrected chi connectivity index (χ2v) is 9.04. The quantitative estimate of drug-likeness (QED) is 0.455. The lowest BCUT2D eigenvalue weighted by Crippen LogP contribution is -2.16. The number of benzene rings is 1. The summed E-state index contributed by atoms with van der Waals surface area (Å²) >= 11 is 3.04. The Kier molecular flexibility index (Phi) is 5.98. The van der Waals surface area contributed by atoms with Crippen LogP contribution >= 0.6 is 23.1 Å². The van der Waals surface area contributed by atoms with Gasteiger partial charge in [-0.1, -0.05) is 30.0 Å². The van der Waals surface area contributed by atoms with Crippen LogP contribution < -0.4 is 0 Å². The summed E-state index contributed by atoms with van der Waals surface area (Å²) < 4.78 is 46.7. The van der Waals surface area contributed by atoms with Gasteiger partial charge in [0.15, 0.2) is 11.0 Å². The lowest BCUT2D eigenvalue weighted by molar-refractivity contribution is -0.137. The topological polar surface area (TPSA) is 39.9 Å². The maximum Gasteiger partial charge on any atom is 0.416 e. The summed E-state index contributed by atoms with van der Waals surface area (Å²) in [7, 11) is 0. The van der Waals surface area contributed by atoms with Crippen molar-refractivity contribution in [3.63, 3.8) is 0 Å². The molecule has 0 saturated carbocycles. The Balaban J connectivity index is 1.57. The summed E-state index contributed by atoms with van der Waals surface area (Å²) in [5.74, 6) is 1.16. The van der Waals surface area contributed by atoms with Crippen LogP contribution in [0, 0.1) is 6.92 Å². The third kappa shape index (κ3) is 4.84. The van der Waals surface area contributed by atoms with Crippen molar-refractivity contribution in [1.82, 2.24) is 14.8 Å². The molecule has 0 radical (unpaired) electrons. The molecule has 1 aliphatic rings. The van der Waals surface area contributed by atoms with E-state index in [0.717, 1.165) is 36.9 Å². The number of aromatic nitrogens is 3. The molecule has 3 heterocycles. The van der Waals surface area contributed by atoms with Crippen LogP contribution in [0.3, 0.4) is 0 Å². The van der Waals surface area contributed by atoms with Gasteiger partial charge in [-0.3, -0.25) is 4.57 Å². The van der Waals surface area contributed by atoms with Crippen molar-refractivity contribution in [1.29, 1.82) is 0 Å². The highest BCUT2D eigenvalue weighted by molar-refractivity contribution is 7.98. The molecule has 1 atom stereocenters. The summed E-state index contributed by atoms with van der Waals surface area (Å²) in [5.41, 5.74) is 0.971. The van der Waals surface area contributed by atoms with Crippen LogP contribution in [-0.4, -0.2) is 27.5 Å². The minimum absolute atomic E-state index is 0.109. The highest BCUT2D eigenvalue weighted by Gasteiger charge is 2.30. The maximum atomic E-state index is 13.0. The van der Waals surface area contributed by atoms with E-state index in [2.05, 4.69) is 16.3 Å². The largest absolute Gasteiger partial charge is 0.416 e. The van der Waals surface area contributed by atoms with Gasteiger partial charge in [0.2, 0.25) is 0 Å². The van der Waals surface area contributed by atoms with Gasteiger partial charge >= 0.3 is 6.18 Å². The minimum Gasteiger partial charge on any atom is -0.376 e. The molecule has 0 amide bonds. The van der Waals surface area contributed by atoms with Crippen LogP contribution in [0.15, 0.2) is 40.9 Å². The third-order valence-electron chi connectivity index (χ3n) is 4.74. The van der Waals surface area contributed by atoms with E-state index in [4.69, 9.17) is 4.74 Å². The summed E-state index contributed by atoms with van der Waals surface area (Å²) in [6.45, 7) is 3.44.